The number of halogens is 2. The zero-order valence-electron chi connectivity index (χ0n) is 17.9. The first-order valence-corrected chi connectivity index (χ1v) is 10.7. The molecule has 0 radical (unpaired) electrons. The second-order valence-electron chi connectivity index (χ2n) is 7.35. The van der Waals surface area contributed by atoms with Crippen LogP contribution in [0.15, 0.2) is 55.0 Å². The van der Waals surface area contributed by atoms with Gasteiger partial charge in [-0.2, -0.15) is 5.10 Å². The zero-order chi connectivity index (χ0) is 23.7. The van der Waals surface area contributed by atoms with E-state index in [9.17, 15) is 9.18 Å². The molecule has 0 atom stereocenters. The van der Waals surface area contributed by atoms with Crippen LogP contribution in [0, 0.1) is 5.82 Å². The highest BCUT2D eigenvalue weighted by atomic mass is 35.5. The van der Waals surface area contributed by atoms with E-state index < -0.39 is 11.8 Å². The van der Waals surface area contributed by atoms with E-state index in [0.29, 0.717) is 56.4 Å². The van der Waals surface area contributed by atoms with Gasteiger partial charge < -0.3 is 4.74 Å². The Bertz CT molecular complexity index is 1510. The van der Waals surface area contributed by atoms with Crippen molar-refractivity contribution in [1.82, 2.24) is 35.2 Å². The minimum Gasteiger partial charge on any atom is -0.465 e. The van der Waals surface area contributed by atoms with Crippen molar-refractivity contribution in [3.63, 3.8) is 0 Å². The van der Waals surface area contributed by atoms with Crippen LogP contribution in [0.5, 0.6) is 0 Å². The van der Waals surface area contributed by atoms with Crippen molar-refractivity contribution in [1.29, 1.82) is 0 Å². The van der Waals surface area contributed by atoms with E-state index in [1.54, 1.807) is 31.6 Å². The third-order valence-electron chi connectivity index (χ3n) is 5.08. The Morgan fingerprint density at radius 3 is 2.85 bits per heavy atom. The average molecular weight is 478 g/mol. The van der Waals surface area contributed by atoms with E-state index in [4.69, 9.17) is 21.3 Å². The summed E-state index contributed by atoms with van der Waals surface area (Å²) in [7, 11) is 0. The number of aromatic amines is 1. The van der Waals surface area contributed by atoms with Crippen molar-refractivity contribution in [3.05, 3.63) is 65.8 Å². The van der Waals surface area contributed by atoms with Gasteiger partial charge in [0, 0.05) is 27.9 Å². The molecule has 9 nitrogen and oxygen atoms in total. The van der Waals surface area contributed by atoms with Crippen LogP contribution in [0.2, 0.25) is 5.02 Å². The molecule has 0 unspecified atom stereocenters. The lowest BCUT2D eigenvalue weighted by Gasteiger charge is -2.07. The number of benzene rings is 1. The number of esters is 1. The molecule has 0 aliphatic carbocycles. The van der Waals surface area contributed by atoms with Crippen molar-refractivity contribution >= 4 is 28.6 Å². The van der Waals surface area contributed by atoms with Crippen molar-refractivity contribution in [2.24, 2.45) is 0 Å². The summed E-state index contributed by atoms with van der Waals surface area (Å²) in [5.74, 6) is -0.820. The summed E-state index contributed by atoms with van der Waals surface area (Å²) in [5.41, 5.74) is 4.47. The van der Waals surface area contributed by atoms with E-state index in [1.165, 1.54) is 22.9 Å². The largest absolute Gasteiger partial charge is 0.465 e. The SMILES string of the molecule is CCOC(=O)Cn1cc(-c2cnc3ccc(-c4cn[nH]c4-c4cc(Cl)ccc4F)nc3c2)nn1. The lowest BCUT2D eigenvalue weighted by molar-refractivity contribution is -0.144. The monoisotopic (exact) mass is 477 g/mol. The van der Waals surface area contributed by atoms with Gasteiger partial charge in [-0.15, -0.1) is 5.10 Å². The summed E-state index contributed by atoms with van der Waals surface area (Å²) >= 11 is 6.07. The summed E-state index contributed by atoms with van der Waals surface area (Å²) in [6.07, 6.45) is 4.88. The number of ether oxygens (including phenoxy) is 1. The van der Waals surface area contributed by atoms with Gasteiger partial charge in [-0.3, -0.25) is 14.9 Å². The molecule has 34 heavy (non-hydrogen) atoms. The first-order chi connectivity index (χ1) is 16.5. The van der Waals surface area contributed by atoms with Crippen LogP contribution in [0.25, 0.3) is 44.8 Å². The second kappa shape index (κ2) is 8.99. The fourth-order valence-electron chi connectivity index (χ4n) is 3.52. The summed E-state index contributed by atoms with van der Waals surface area (Å²) in [5, 5.41) is 15.4. The molecule has 0 bridgehead atoms. The number of fused-ring (bicyclic) bond motifs is 1. The van der Waals surface area contributed by atoms with Gasteiger partial charge in [0.1, 0.15) is 18.1 Å². The van der Waals surface area contributed by atoms with Crippen LogP contribution >= 0.6 is 11.6 Å². The third-order valence-corrected chi connectivity index (χ3v) is 5.32. The Labute approximate surface area is 197 Å². The maximum absolute atomic E-state index is 14.5. The first-order valence-electron chi connectivity index (χ1n) is 10.3. The van der Waals surface area contributed by atoms with Crippen LogP contribution < -0.4 is 0 Å². The van der Waals surface area contributed by atoms with Gasteiger partial charge in [-0.05, 0) is 43.3 Å². The first kappa shape index (κ1) is 21.7. The summed E-state index contributed by atoms with van der Waals surface area (Å²) in [4.78, 5) is 20.8. The molecular formula is C23H17ClFN7O2. The summed E-state index contributed by atoms with van der Waals surface area (Å²) in [6.45, 7) is 2.00. The number of H-pyrrole nitrogens is 1. The normalized spacial score (nSPS) is 11.1. The molecule has 0 amide bonds. The van der Waals surface area contributed by atoms with E-state index in [2.05, 4.69) is 25.5 Å². The highest BCUT2D eigenvalue weighted by molar-refractivity contribution is 6.30. The molecule has 5 aromatic rings. The molecule has 1 aromatic carbocycles. The van der Waals surface area contributed by atoms with Crippen molar-refractivity contribution < 1.29 is 13.9 Å². The second-order valence-corrected chi connectivity index (χ2v) is 7.78. The van der Waals surface area contributed by atoms with Crippen LogP contribution in [-0.2, 0) is 16.1 Å². The Morgan fingerprint density at radius 2 is 2.00 bits per heavy atom. The fraction of sp³-hybridized carbons (Fsp3) is 0.130. The van der Waals surface area contributed by atoms with E-state index in [1.807, 2.05) is 12.1 Å². The van der Waals surface area contributed by atoms with Gasteiger partial charge in [-0.1, -0.05) is 16.8 Å². The van der Waals surface area contributed by atoms with Crippen molar-refractivity contribution in [3.8, 4) is 33.8 Å². The molecule has 1 N–H and O–H groups in total. The number of carbonyl (C=O) groups is 1. The van der Waals surface area contributed by atoms with Gasteiger partial charge in [0.2, 0.25) is 0 Å². The standard InChI is InChI=1S/C23H17ClFN7O2/c1-2-34-22(33)12-32-11-21(29-31-32)13-7-20-19(26-9-13)6-5-18(28-20)16-10-27-30-23(16)15-8-14(24)3-4-17(15)25/h3-11H,2,12H2,1H3,(H,27,30). The Balaban J connectivity index is 1.50. The molecular weight excluding hydrogens is 461 g/mol. The number of carbonyl (C=O) groups excluding carboxylic acids is 1. The number of rotatable bonds is 6. The minimum absolute atomic E-state index is 0.0342. The maximum atomic E-state index is 14.5. The Kier molecular flexibility index (Phi) is 5.72. The predicted molar refractivity (Wildman–Crippen MR) is 123 cm³/mol. The number of nitrogens with zero attached hydrogens (tertiary/aromatic N) is 6. The number of hydrogen-bond donors (Lipinski definition) is 1. The molecule has 170 valence electrons. The number of nitrogens with one attached hydrogen (secondary N) is 1. The molecule has 0 spiro atoms. The Hall–Kier alpha value is -4.18. The van der Waals surface area contributed by atoms with Crippen molar-refractivity contribution in [2.75, 3.05) is 6.61 Å². The average Bonchev–Trinajstić information content (AvgIpc) is 3.50. The van der Waals surface area contributed by atoms with Gasteiger partial charge in [-0.25, -0.2) is 14.1 Å². The minimum atomic E-state index is -0.425. The smallest absolute Gasteiger partial charge is 0.327 e. The van der Waals surface area contributed by atoms with E-state index in [-0.39, 0.29) is 6.54 Å². The summed E-state index contributed by atoms with van der Waals surface area (Å²) < 4.78 is 20.8. The van der Waals surface area contributed by atoms with Gasteiger partial charge >= 0.3 is 5.97 Å². The van der Waals surface area contributed by atoms with Gasteiger partial charge in [0.05, 0.1) is 41.4 Å². The predicted octanol–water partition coefficient (Wildman–Crippen LogP) is 4.30. The lowest BCUT2D eigenvalue weighted by atomic mass is 10.0. The molecule has 0 fully saturated rings. The molecule has 4 heterocycles. The molecule has 5 rings (SSSR count). The summed E-state index contributed by atoms with van der Waals surface area (Å²) in [6, 6.07) is 9.77. The highest BCUT2D eigenvalue weighted by Gasteiger charge is 2.16. The molecule has 0 aliphatic heterocycles. The molecule has 0 saturated carbocycles. The lowest BCUT2D eigenvalue weighted by Crippen LogP contribution is -2.13. The quantitative estimate of drug-likeness (QED) is 0.363. The number of pyridine rings is 2. The van der Waals surface area contributed by atoms with E-state index >= 15 is 0 Å². The zero-order valence-corrected chi connectivity index (χ0v) is 18.6. The number of hydrogen-bond acceptors (Lipinski definition) is 7. The molecule has 4 aromatic heterocycles. The third kappa shape index (κ3) is 4.23. The van der Waals surface area contributed by atoms with Gasteiger partial charge in [0.15, 0.2) is 0 Å². The fourth-order valence-corrected chi connectivity index (χ4v) is 3.69. The van der Waals surface area contributed by atoms with Crippen LogP contribution in [0.3, 0.4) is 0 Å². The highest BCUT2D eigenvalue weighted by Crippen LogP contribution is 2.33. The maximum Gasteiger partial charge on any atom is 0.327 e. The van der Waals surface area contributed by atoms with Gasteiger partial charge in [0.25, 0.3) is 0 Å². The van der Waals surface area contributed by atoms with Crippen molar-refractivity contribution in [2.45, 2.75) is 13.5 Å². The molecule has 11 heteroatoms. The molecule has 0 saturated heterocycles. The van der Waals surface area contributed by atoms with Crippen LogP contribution in [0.4, 0.5) is 4.39 Å². The van der Waals surface area contributed by atoms with E-state index in [0.717, 1.165) is 0 Å². The van der Waals surface area contributed by atoms with Crippen LogP contribution in [0.1, 0.15) is 6.92 Å². The van der Waals surface area contributed by atoms with Crippen LogP contribution in [-0.4, -0.2) is 47.7 Å². The topological polar surface area (TPSA) is 111 Å². The Morgan fingerprint density at radius 1 is 1.12 bits per heavy atom. The number of aromatic nitrogens is 7. The molecule has 0 aliphatic rings.